The topological polar surface area (TPSA) is 91.2 Å². The Morgan fingerprint density at radius 1 is 1.44 bits per heavy atom. The zero-order valence-electron chi connectivity index (χ0n) is 8.16. The third kappa shape index (κ3) is 2.11. The highest BCUT2D eigenvalue weighted by Crippen LogP contribution is 2.07. The molecule has 0 aliphatic heterocycles. The predicted octanol–water partition coefficient (Wildman–Crippen LogP) is 1.25. The molecule has 0 saturated carbocycles. The number of hydrogen-bond donors (Lipinski definition) is 2. The van der Waals surface area contributed by atoms with E-state index in [1.807, 2.05) is 0 Å². The summed E-state index contributed by atoms with van der Waals surface area (Å²) in [7, 11) is 0. The Labute approximate surface area is 90.7 Å². The molecule has 2 rings (SSSR count). The van der Waals surface area contributed by atoms with Crippen molar-refractivity contribution in [2.24, 2.45) is 4.99 Å². The van der Waals surface area contributed by atoms with Gasteiger partial charge in [-0.2, -0.15) is 10.1 Å². The van der Waals surface area contributed by atoms with Crippen LogP contribution in [0.25, 0.3) is 0 Å². The summed E-state index contributed by atoms with van der Waals surface area (Å²) in [6.07, 6.45) is 2.76. The Morgan fingerprint density at radius 2 is 2.25 bits per heavy atom. The molecule has 0 spiro atoms. The summed E-state index contributed by atoms with van der Waals surface area (Å²) < 4.78 is 0. The first-order valence-corrected chi connectivity index (χ1v) is 4.49. The Hall–Kier alpha value is -2.50. The van der Waals surface area contributed by atoms with Crippen LogP contribution in [0.3, 0.4) is 0 Å². The highest BCUT2D eigenvalue weighted by Gasteiger charge is 2.06. The van der Waals surface area contributed by atoms with Gasteiger partial charge < -0.3 is 5.11 Å². The first-order valence-electron chi connectivity index (χ1n) is 4.49. The van der Waals surface area contributed by atoms with Gasteiger partial charge in [0.15, 0.2) is 0 Å². The van der Waals surface area contributed by atoms with Crippen LogP contribution in [-0.4, -0.2) is 32.5 Å². The molecule has 0 amide bonds. The average molecular weight is 216 g/mol. The lowest BCUT2D eigenvalue weighted by molar-refractivity contribution is 0.0697. The molecule has 0 saturated heterocycles. The number of H-pyrrole nitrogens is 1. The number of carbonyl (C=O) groups is 1. The van der Waals surface area contributed by atoms with Gasteiger partial charge in [-0.1, -0.05) is 18.2 Å². The van der Waals surface area contributed by atoms with E-state index >= 15 is 0 Å². The van der Waals surface area contributed by atoms with Crippen LogP contribution in [0.2, 0.25) is 0 Å². The van der Waals surface area contributed by atoms with Crippen LogP contribution in [0, 0.1) is 0 Å². The molecule has 1 heterocycles. The van der Waals surface area contributed by atoms with E-state index in [9.17, 15) is 4.79 Å². The molecule has 1 aromatic carbocycles. The van der Waals surface area contributed by atoms with Crippen LogP contribution in [0.5, 0.6) is 0 Å². The standard InChI is InChI=1S/C10H8N4O2/c15-9(16)8-4-2-1-3-7(8)5-11-10-12-6-13-14-10/h1-6H,(H,15,16)(H,12,13,14)/b11-5+. The quantitative estimate of drug-likeness (QED) is 0.755. The van der Waals surface area contributed by atoms with Crippen molar-refractivity contribution >= 4 is 18.1 Å². The molecule has 0 radical (unpaired) electrons. The van der Waals surface area contributed by atoms with E-state index in [0.717, 1.165) is 0 Å². The molecule has 0 bridgehead atoms. The van der Waals surface area contributed by atoms with E-state index in [4.69, 9.17) is 5.11 Å². The number of nitrogens with zero attached hydrogens (tertiary/aromatic N) is 3. The minimum Gasteiger partial charge on any atom is -0.478 e. The third-order valence-corrected chi connectivity index (χ3v) is 1.92. The molecular formula is C10H8N4O2. The van der Waals surface area contributed by atoms with Crippen LogP contribution in [-0.2, 0) is 0 Å². The van der Waals surface area contributed by atoms with E-state index in [-0.39, 0.29) is 5.56 Å². The number of aliphatic imine (C=N–C) groups is 1. The number of aromatic nitrogens is 3. The largest absolute Gasteiger partial charge is 0.478 e. The third-order valence-electron chi connectivity index (χ3n) is 1.92. The normalized spacial score (nSPS) is 10.8. The molecule has 0 aliphatic carbocycles. The first kappa shape index (κ1) is 10.0. The van der Waals surface area contributed by atoms with Crippen LogP contribution in [0.15, 0.2) is 35.6 Å². The van der Waals surface area contributed by atoms with E-state index in [2.05, 4.69) is 20.2 Å². The second-order valence-corrected chi connectivity index (χ2v) is 2.96. The summed E-state index contributed by atoms with van der Waals surface area (Å²) in [5, 5.41) is 15.1. The fourth-order valence-electron chi connectivity index (χ4n) is 1.20. The van der Waals surface area contributed by atoms with E-state index in [1.54, 1.807) is 18.2 Å². The predicted molar refractivity (Wildman–Crippen MR) is 57.0 cm³/mol. The van der Waals surface area contributed by atoms with Crippen molar-refractivity contribution in [3.63, 3.8) is 0 Å². The van der Waals surface area contributed by atoms with E-state index < -0.39 is 5.97 Å². The lowest BCUT2D eigenvalue weighted by atomic mass is 10.1. The molecule has 0 unspecified atom stereocenters. The Kier molecular flexibility index (Phi) is 2.73. The van der Waals surface area contributed by atoms with Gasteiger partial charge in [0.1, 0.15) is 6.33 Å². The molecule has 0 fully saturated rings. The van der Waals surface area contributed by atoms with Gasteiger partial charge in [0.05, 0.1) is 5.56 Å². The van der Waals surface area contributed by atoms with Crippen molar-refractivity contribution in [3.05, 3.63) is 41.7 Å². The van der Waals surface area contributed by atoms with Crippen LogP contribution < -0.4 is 0 Å². The number of aromatic carboxylic acids is 1. The maximum absolute atomic E-state index is 10.9. The lowest BCUT2D eigenvalue weighted by Crippen LogP contribution is -2.01. The maximum atomic E-state index is 10.9. The van der Waals surface area contributed by atoms with Gasteiger partial charge in [0, 0.05) is 11.8 Å². The summed E-state index contributed by atoms with van der Waals surface area (Å²) in [5.41, 5.74) is 0.720. The molecule has 2 aromatic rings. The average Bonchev–Trinajstić information content (AvgIpc) is 2.79. The fourth-order valence-corrected chi connectivity index (χ4v) is 1.20. The Balaban J connectivity index is 2.31. The Bertz CT molecular complexity index is 519. The van der Waals surface area contributed by atoms with Crippen molar-refractivity contribution in [2.45, 2.75) is 0 Å². The lowest BCUT2D eigenvalue weighted by Gasteiger charge is -1.98. The molecule has 0 atom stereocenters. The molecule has 0 aliphatic rings. The van der Waals surface area contributed by atoms with E-state index in [0.29, 0.717) is 11.5 Å². The zero-order chi connectivity index (χ0) is 11.4. The van der Waals surface area contributed by atoms with Crippen LogP contribution in [0.4, 0.5) is 5.95 Å². The van der Waals surface area contributed by atoms with Gasteiger partial charge in [-0.3, -0.25) is 0 Å². The van der Waals surface area contributed by atoms with E-state index in [1.165, 1.54) is 18.6 Å². The monoisotopic (exact) mass is 216 g/mol. The SMILES string of the molecule is O=C(O)c1ccccc1/C=N/c1ncn[nH]1. The minimum atomic E-state index is -0.986. The summed E-state index contributed by atoms with van der Waals surface area (Å²) in [6.45, 7) is 0. The second kappa shape index (κ2) is 4.35. The summed E-state index contributed by atoms with van der Waals surface area (Å²) >= 11 is 0. The molecule has 6 heteroatoms. The Morgan fingerprint density at radius 3 is 2.94 bits per heavy atom. The number of nitrogens with one attached hydrogen (secondary N) is 1. The van der Waals surface area contributed by atoms with Gasteiger partial charge in [-0.15, -0.1) is 0 Å². The second-order valence-electron chi connectivity index (χ2n) is 2.96. The molecule has 16 heavy (non-hydrogen) atoms. The van der Waals surface area contributed by atoms with Crippen LogP contribution in [0.1, 0.15) is 15.9 Å². The van der Waals surface area contributed by atoms with Crippen molar-refractivity contribution < 1.29 is 9.90 Å². The summed E-state index contributed by atoms with van der Waals surface area (Å²) in [4.78, 5) is 18.6. The van der Waals surface area contributed by atoms with Crippen molar-refractivity contribution in [3.8, 4) is 0 Å². The number of hydrogen-bond acceptors (Lipinski definition) is 4. The number of benzene rings is 1. The summed E-state index contributed by atoms with van der Waals surface area (Å²) in [6, 6.07) is 6.59. The highest BCUT2D eigenvalue weighted by molar-refractivity contribution is 5.98. The number of rotatable bonds is 3. The first-order chi connectivity index (χ1) is 7.77. The smallest absolute Gasteiger partial charge is 0.336 e. The van der Waals surface area contributed by atoms with Gasteiger partial charge in [0.2, 0.25) is 5.95 Å². The van der Waals surface area contributed by atoms with Crippen molar-refractivity contribution in [2.75, 3.05) is 0 Å². The number of carboxylic acids is 1. The molecule has 80 valence electrons. The molecule has 1 aromatic heterocycles. The van der Waals surface area contributed by atoms with Gasteiger partial charge in [0.25, 0.3) is 0 Å². The number of aromatic amines is 1. The maximum Gasteiger partial charge on any atom is 0.336 e. The summed E-state index contributed by atoms with van der Waals surface area (Å²) in [5.74, 6) is -0.653. The number of carboxylic acid groups (broad SMARTS) is 1. The van der Waals surface area contributed by atoms with Gasteiger partial charge >= 0.3 is 5.97 Å². The van der Waals surface area contributed by atoms with Crippen molar-refractivity contribution in [1.29, 1.82) is 0 Å². The fraction of sp³-hybridized carbons (Fsp3) is 0. The molecule has 6 nitrogen and oxygen atoms in total. The van der Waals surface area contributed by atoms with Crippen molar-refractivity contribution in [1.82, 2.24) is 15.2 Å². The van der Waals surface area contributed by atoms with Crippen LogP contribution >= 0.6 is 0 Å². The minimum absolute atomic E-state index is 0.200. The zero-order valence-corrected chi connectivity index (χ0v) is 8.16. The van der Waals surface area contributed by atoms with Gasteiger partial charge in [-0.25, -0.2) is 14.9 Å². The van der Waals surface area contributed by atoms with Gasteiger partial charge in [-0.05, 0) is 6.07 Å². The highest BCUT2D eigenvalue weighted by atomic mass is 16.4. The molecular weight excluding hydrogens is 208 g/mol. The molecule has 2 N–H and O–H groups in total.